The number of hydrogen-bond acceptors (Lipinski definition) is 2. The van der Waals surface area contributed by atoms with Crippen LogP contribution in [0.1, 0.15) is 76.3 Å². The minimum absolute atomic E-state index is 1.11. The van der Waals surface area contributed by atoms with Crippen LogP contribution in [0.25, 0.3) is 11.1 Å². The Hall–Kier alpha value is -3.52. The van der Waals surface area contributed by atoms with Crippen molar-refractivity contribution in [2.75, 3.05) is 10.6 Å². The largest absolute Gasteiger partial charge is 0.356 e. The molecule has 0 atom stereocenters. The molecule has 0 aliphatic carbocycles. The Morgan fingerprint density at radius 2 is 0.684 bits per heavy atom. The van der Waals surface area contributed by atoms with Gasteiger partial charge >= 0.3 is 0 Å². The molecule has 0 aromatic heterocycles. The van der Waals surface area contributed by atoms with Gasteiger partial charge in [0.1, 0.15) is 0 Å². The molecule has 0 unspecified atom stereocenters. The maximum absolute atomic E-state index is 3.53. The smallest absolute Gasteiger partial charge is 0.0384 e. The summed E-state index contributed by atoms with van der Waals surface area (Å²) in [6.45, 7) is 4.52. The number of unbranched alkanes of at least 4 members (excludes halogenated alkanes) is 6. The Morgan fingerprint density at radius 1 is 0.368 bits per heavy atom. The lowest BCUT2D eigenvalue weighted by atomic mass is 10.0. The third kappa shape index (κ3) is 8.80. The molecule has 0 saturated heterocycles. The van der Waals surface area contributed by atoms with Crippen LogP contribution < -0.4 is 10.6 Å². The van der Waals surface area contributed by atoms with Crippen LogP contribution >= 0.6 is 0 Å². The number of nitrogens with one attached hydrogen (secondary N) is 2. The lowest BCUT2D eigenvalue weighted by Gasteiger charge is -2.10. The molecule has 2 heteroatoms. The highest BCUT2D eigenvalue weighted by Crippen LogP contribution is 2.26. The van der Waals surface area contributed by atoms with Gasteiger partial charge in [0, 0.05) is 22.7 Å². The number of hydrogen-bond donors (Lipinski definition) is 2. The highest BCUT2D eigenvalue weighted by molar-refractivity contribution is 5.71. The Labute approximate surface area is 230 Å². The van der Waals surface area contributed by atoms with Crippen molar-refractivity contribution < 1.29 is 0 Å². The summed E-state index contributed by atoms with van der Waals surface area (Å²) in [5, 5.41) is 7.07. The molecule has 0 amide bonds. The molecule has 0 aliphatic rings. The van der Waals surface area contributed by atoms with E-state index in [-0.39, 0.29) is 0 Å². The first-order valence-corrected chi connectivity index (χ1v) is 14.7. The second-order valence-electron chi connectivity index (χ2n) is 10.4. The average molecular weight is 505 g/mol. The van der Waals surface area contributed by atoms with Crippen LogP contribution in [-0.4, -0.2) is 0 Å². The van der Waals surface area contributed by atoms with E-state index < -0.39 is 0 Å². The minimum Gasteiger partial charge on any atom is -0.356 e. The van der Waals surface area contributed by atoms with Gasteiger partial charge in [0.05, 0.1) is 0 Å². The van der Waals surface area contributed by atoms with Crippen molar-refractivity contribution in [3.05, 3.63) is 108 Å². The van der Waals surface area contributed by atoms with Crippen molar-refractivity contribution in [2.45, 2.75) is 78.1 Å². The van der Waals surface area contributed by atoms with Crippen molar-refractivity contribution in [2.24, 2.45) is 0 Å². The van der Waals surface area contributed by atoms with E-state index in [9.17, 15) is 0 Å². The molecule has 0 saturated carbocycles. The SMILES string of the molecule is CCCCCCc1ccc(Nc2ccc(-c3ccc(Nc4ccc(CCCCCC)cc4)cc3)cc2)cc1. The molecular formula is C36H44N2. The van der Waals surface area contributed by atoms with Gasteiger partial charge in [-0.1, -0.05) is 101 Å². The average Bonchev–Trinajstić information content (AvgIpc) is 2.96. The van der Waals surface area contributed by atoms with E-state index in [1.54, 1.807) is 0 Å². The van der Waals surface area contributed by atoms with Crippen LogP contribution in [0.3, 0.4) is 0 Å². The summed E-state index contributed by atoms with van der Waals surface area (Å²) in [6, 6.07) is 35.1. The van der Waals surface area contributed by atoms with E-state index in [0.717, 1.165) is 22.7 Å². The van der Waals surface area contributed by atoms with Gasteiger partial charge in [-0.3, -0.25) is 0 Å². The quantitative estimate of drug-likeness (QED) is 0.157. The molecule has 4 rings (SSSR count). The predicted molar refractivity (Wildman–Crippen MR) is 167 cm³/mol. The highest BCUT2D eigenvalue weighted by atomic mass is 14.9. The number of aryl methyl sites for hydroxylation is 2. The Kier molecular flexibility index (Phi) is 10.9. The summed E-state index contributed by atoms with van der Waals surface area (Å²) < 4.78 is 0. The third-order valence-corrected chi connectivity index (χ3v) is 7.23. The topological polar surface area (TPSA) is 24.1 Å². The van der Waals surface area contributed by atoms with Crippen LogP contribution in [0.4, 0.5) is 22.7 Å². The molecule has 4 aromatic rings. The van der Waals surface area contributed by atoms with Crippen LogP contribution in [0.2, 0.25) is 0 Å². The van der Waals surface area contributed by atoms with Gasteiger partial charge in [0.15, 0.2) is 0 Å². The van der Waals surface area contributed by atoms with Gasteiger partial charge < -0.3 is 10.6 Å². The maximum Gasteiger partial charge on any atom is 0.0384 e. The zero-order valence-electron chi connectivity index (χ0n) is 23.3. The van der Waals surface area contributed by atoms with Gasteiger partial charge in [-0.05, 0) is 96.5 Å². The fourth-order valence-electron chi connectivity index (χ4n) is 4.85. The van der Waals surface area contributed by atoms with Crippen LogP contribution in [0.15, 0.2) is 97.1 Å². The molecule has 198 valence electrons. The van der Waals surface area contributed by atoms with E-state index in [1.165, 1.54) is 86.5 Å². The lowest BCUT2D eigenvalue weighted by Crippen LogP contribution is -1.92. The molecule has 2 N–H and O–H groups in total. The molecule has 4 aromatic carbocycles. The first-order valence-electron chi connectivity index (χ1n) is 14.7. The van der Waals surface area contributed by atoms with E-state index in [0.29, 0.717) is 0 Å². The molecule has 0 heterocycles. The number of rotatable bonds is 15. The van der Waals surface area contributed by atoms with Crippen molar-refractivity contribution in [1.29, 1.82) is 0 Å². The Morgan fingerprint density at radius 3 is 1.00 bits per heavy atom. The second-order valence-corrected chi connectivity index (χ2v) is 10.4. The van der Waals surface area contributed by atoms with Crippen LogP contribution in [0, 0.1) is 0 Å². The molecule has 0 bridgehead atoms. The third-order valence-electron chi connectivity index (χ3n) is 7.23. The highest BCUT2D eigenvalue weighted by Gasteiger charge is 2.02. The molecule has 38 heavy (non-hydrogen) atoms. The lowest BCUT2D eigenvalue weighted by molar-refractivity contribution is 0.667. The van der Waals surface area contributed by atoms with E-state index in [1.807, 2.05) is 0 Å². The molecule has 2 nitrogen and oxygen atoms in total. The van der Waals surface area contributed by atoms with Crippen molar-refractivity contribution >= 4 is 22.7 Å². The first-order chi connectivity index (χ1) is 18.7. The van der Waals surface area contributed by atoms with Gasteiger partial charge in [-0.25, -0.2) is 0 Å². The summed E-state index contributed by atoms with van der Waals surface area (Å²) in [7, 11) is 0. The van der Waals surface area contributed by atoms with Gasteiger partial charge in [-0.2, -0.15) is 0 Å². The summed E-state index contributed by atoms with van der Waals surface area (Å²) in [6.07, 6.45) is 12.8. The zero-order chi connectivity index (χ0) is 26.4. The summed E-state index contributed by atoms with van der Waals surface area (Å²) in [4.78, 5) is 0. The maximum atomic E-state index is 3.53. The van der Waals surface area contributed by atoms with E-state index in [2.05, 4.69) is 122 Å². The summed E-state index contributed by atoms with van der Waals surface area (Å²) in [5.74, 6) is 0. The summed E-state index contributed by atoms with van der Waals surface area (Å²) in [5.41, 5.74) is 9.77. The molecule has 0 fully saturated rings. The summed E-state index contributed by atoms with van der Waals surface area (Å²) >= 11 is 0. The molecule has 0 spiro atoms. The second kappa shape index (κ2) is 15.0. The first kappa shape index (κ1) is 27.5. The Balaban J connectivity index is 1.27. The van der Waals surface area contributed by atoms with Crippen molar-refractivity contribution in [3.8, 4) is 11.1 Å². The fraction of sp³-hybridized carbons (Fsp3) is 0.333. The van der Waals surface area contributed by atoms with Crippen LogP contribution in [0.5, 0.6) is 0 Å². The van der Waals surface area contributed by atoms with E-state index >= 15 is 0 Å². The predicted octanol–water partition coefficient (Wildman–Crippen LogP) is 11.1. The normalized spacial score (nSPS) is 10.9. The van der Waals surface area contributed by atoms with Gasteiger partial charge in [-0.15, -0.1) is 0 Å². The van der Waals surface area contributed by atoms with Crippen LogP contribution in [-0.2, 0) is 12.8 Å². The number of anilines is 4. The Bertz CT molecular complexity index is 1090. The van der Waals surface area contributed by atoms with E-state index in [4.69, 9.17) is 0 Å². The molecule has 0 aliphatic heterocycles. The molecule has 0 radical (unpaired) electrons. The fourth-order valence-corrected chi connectivity index (χ4v) is 4.85. The zero-order valence-corrected chi connectivity index (χ0v) is 23.3. The standard InChI is InChI=1S/C36H44N2/c1-3-5-7-9-11-29-13-21-33(22-14-29)37-35-25-17-31(18-26-35)32-19-27-36(28-20-32)38-34-23-15-30(16-24-34)12-10-8-6-4-2/h13-28,37-38H,3-12H2,1-2H3. The van der Waals surface area contributed by atoms with Gasteiger partial charge in [0.25, 0.3) is 0 Å². The van der Waals surface area contributed by atoms with Crippen molar-refractivity contribution in [1.82, 2.24) is 0 Å². The minimum atomic E-state index is 1.11. The van der Waals surface area contributed by atoms with Crippen molar-refractivity contribution in [3.63, 3.8) is 0 Å². The number of benzene rings is 4. The molecular weight excluding hydrogens is 460 g/mol. The van der Waals surface area contributed by atoms with Gasteiger partial charge in [0.2, 0.25) is 0 Å². The monoisotopic (exact) mass is 504 g/mol.